The molecule has 0 aromatic heterocycles. The van der Waals surface area contributed by atoms with Crippen molar-refractivity contribution in [1.82, 2.24) is 5.32 Å². The van der Waals surface area contributed by atoms with Gasteiger partial charge in [-0.1, -0.05) is 13.8 Å². The molecule has 138 valence electrons. The van der Waals surface area contributed by atoms with Crippen molar-refractivity contribution in [2.75, 3.05) is 13.7 Å². The standard InChI is InChI=1S/C19H27NO5/c1-7-25-14-10-19(17(22)23,18(14,4)5)20-16(21)13-8-11(2)15(24-6)12(3)9-13/h8-9,14H,7,10H2,1-6H3,(H,20,21)(H,22,23). The van der Waals surface area contributed by atoms with E-state index in [9.17, 15) is 14.7 Å². The number of hydrogen-bond acceptors (Lipinski definition) is 4. The van der Waals surface area contributed by atoms with Crippen molar-refractivity contribution in [2.45, 2.75) is 52.7 Å². The van der Waals surface area contributed by atoms with Gasteiger partial charge in [0.1, 0.15) is 11.3 Å². The Morgan fingerprint density at radius 2 is 1.84 bits per heavy atom. The van der Waals surface area contributed by atoms with E-state index in [0.29, 0.717) is 12.2 Å². The second-order valence-electron chi connectivity index (χ2n) is 7.18. The monoisotopic (exact) mass is 349 g/mol. The molecule has 25 heavy (non-hydrogen) atoms. The minimum atomic E-state index is -1.34. The largest absolute Gasteiger partial charge is 0.496 e. The van der Waals surface area contributed by atoms with E-state index in [1.165, 1.54) is 0 Å². The minimum Gasteiger partial charge on any atom is -0.496 e. The summed E-state index contributed by atoms with van der Waals surface area (Å²) in [6.45, 7) is 9.72. The molecule has 2 unspecified atom stereocenters. The molecule has 0 saturated heterocycles. The first-order valence-corrected chi connectivity index (χ1v) is 8.43. The molecule has 1 fully saturated rings. The van der Waals surface area contributed by atoms with Gasteiger partial charge < -0.3 is 19.9 Å². The zero-order chi connectivity index (χ0) is 19.0. The number of carbonyl (C=O) groups excluding carboxylic acids is 1. The SMILES string of the molecule is CCOC1CC(NC(=O)c2cc(C)c(OC)c(C)c2)(C(=O)O)C1(C)C. The van der Waals surface area contributed by atoms with E-state index in [2.05, 4.69) is 5.32 Å². The third-order valence-corrected chi connectivity index (χ3v) is 5.38. The van der Waals surface area contributed by atoms with Gasteiger partial charge in [-0.15, -0.1) is 0 Å². The second kappa shape index (κ2) is 6.67. The number of carboxylic acids is 1. The summed E-state index contributed by atoms with van der Waals surface area (Å²) >= 11 is 0. The Morgan fingerprint density at radius 1 is 1.28 bits per heavy atom. The van der Waals surface area contributed by atoms with Gasteiger partial charge in [-0.05, 0) is 44.0 Å². The lowest BCUT2D eigenvalue weighted by Gasteiger charge is -2.58. The first-order chi connectivity index (χ1) is 11.6. The smallest absolute Gasteiger partial charge is 0.330 e. The van der Waals surface area contributed by atoms with Crippen LogP contribution in [0.25, 0.3) is 0 Å². The van der Waals surface area contributed by atoms with Crippen molar-refractivity contribution in [1.29, 1.82) is 0 Å². The number of nitrogens with one attached hydrogen (secondary N) is 1. The van der Waals surface area contributed by atoms with Gasteiger partial charge in [0, 0.05) is 24.0 Å². The highest BCUT2D eigenvalue weighted by Crippen LogP contribution is 2.51. The molecule has 1 aliphatic carbocycles. The molecule has 1 saturated carbocycles. The van der Waals surface area contributed by atoms with Crippen molar-refractivity contribution in [3.63, 3.8) is 0 Å². The number of benzene rings is 1. The molecule has 1 amide bonds. The Hall–Kier alpha value is -2.08. The maximum Gasteiger partial charge on any atom is 0.330 e. The van der Waals surface area contributed by atoms with E-state index in [0.717, 1.165) is 16.9 Å². The summed E-state index contributed by atoms with van der Waals surface area (Å²) in [5.41, 5.74) is 0.0356. The molecule has 1 aromatic carbocycles. The number of aryl methyl sites for hydroxylation is 2. The zero-order valence-electron chi connectivity index (χ0n) is 15.7. The Labute approximate surface area is 148 Å². The van der Waals surface area contributed by atoms with Crippen LogP contribution in [0, 0.1) is 19.3 Å². The summed E-state index contributed by atoms with van der Waals surface area (Å²) in [6, 6.07) is 3.42. The van der Waals surface area contributed by atoms with E-state index >= 15 is 0 Å². The molecule has 0 spiro atoms. The van der Waals surface area contributed by atoms with Gasteiger partial charge in [-0.25, -0.2) is 4.79 Å². The second-order valence-corrected chi connectivity index (χ2v) is 7.18. The molecule has 6 heteroatoms. The van der Waals surface area contributed by atoms with Gasteiger partial charge in [0.25, 0.3) is 5.91 Å². The predicted molar refractivity (Wildman–Crippen MR) is 94.1 cm³/mol. The molecule has 6 nitrogen and oxygen atoms in total. The van der Waals surface area contributed by atoms with Crippen molar-refractivity contribution in [2.24, 2.45) is 5.41 Å². The Balaban J connectivity index is 2.30. The fourth-order valence-corrected chi connectivity index (χ4v) is 3.71. The minimum absolute atomic E-state index is 0.201. The highest BCUT2D eigenvalue weighted by molar-refractivity contribution is 5.99. The quantitative estimate of drug-likeness (QED) is 0.825. The fourth-order valence-electron chi connectivity index (χ4n) is 3.71. The van der Waals surface area contributed by atoms with Crippen LogP contribution in [0.1, 0.15) is 48.7 Å². The summed E-state index contributed by atoms with van der Waals surface area (Å²) in [4.78, 5) is 24.7. The van der Waals surface area contributed by atoms with Crippen LogP contribution >= 0.6 is 0 Å². The molecule has 0 radical (unpaired) electrons. The molecule has 0 bridgehead atoms. The molecule has 2 rings (SSSR count). The van der Waals surface area contributed by atoms with Crippen LogP contribution in [0.4, 0.5) is 0 Å². The first-order valence-electron chi connectivity index (χ1n) is 8.43. The highest BCUT2D eigenvalue weighted by Gasteiger charge is 2.66. The maximum atomic E-state index is 12.8. The van der Waals surface area contributed by atoms with E-state index in [-0.39, 0.29) is 12.5 Å². The number of carboxylic acid groups (broad SMARTS) is 1. The Kier molecular flexibility index (Phi) is 5.14. The third kappa shape index (κ3) is 2.99. The summed E-state index contributed by atoms with van der Waals surface area (Å²) < 4.78 is 10.9. The number of ether oxygens (including phenoxy) is 2. The molecular weight excluding hydrogens is 322 g/mol. The summed E-state index contributed by atoms with van der Waals surface area (Å²) in [7, 11) is 1.58. The van der Waals surface area contributed by atoms with Crippen molar-refractivity contribution >= 4 is 11.9 Å². The van der Waals surface area contributed by atoms with E-state index in [1.54, 1.807) is 19.2 Å². The van der Waals surface area contributed by atoms with Crippen LogP contribution in [0.5, 0.6) is 5.75 Å². The lowest BCUT2D eigenvalue weighted by molar-refractivity contribution is -0.190. The van der Waals surface area contributed by atoms with Gasteiger partial charge >= 0.3 is 5.97 Å². The molecule has 0 heterocycles. The van der Waals surface area contributed by atoms with Gasteiger partial charge in [-0.3, -0.25) is 4.79 Å². The number of aliphatic carboxylic acids is 1. The number of hydrogen-bond donors (Lipinski definition) is 2. The zero-order valence-corrected chi connectivity index (χ0v) is 15.7. The maximum absolute atomic E-state index is 12.8. The number of rotatable bonds is 6. The average molecular weight is 349 g/mol. The summed E-state index contributed by atoms with van der Waals surface area (Å²) in [6.07, 6.45) is 0.0523. The summed E-state index contributed by atoms with van der Waals surface area (Å²) in [5, 5.41) is 12.6. The van der Waals surface area contributed by atoms with Crippen LogP contribution in [0.15, 0.2) is 12.1 Å². The molecule has 1 aromatic rings. The topological polar surface area (TPSA) is 84.9 Å². The normalized spacial score (nSPS) is 24.3. The number of carbonyl (C=O) groups is 2. The van der Waals surface area contributed by atoms with E-state index in [4.69, 9.17) is 9.47 Å². The predicted octanol–water partition coefficient (Wildman–Crippen LogP) is 2.70. The van der Waals surface area contributed by atoms with Gasteiger partial charge in [-0.2, -0.15) is 0 Å². The highest BCUT2D eigenvalue weighted by atomic mass is 16.5. The molecule has 1 aliphatic rings. The number of methoxy groups -OCH3 is 1. The molecule has 2 atom stereocenters. The van der Waals surface area contributed by atoms with Gasteiger partial charge in [0.15, 0.2) is 0 Å². The van der Waals surface area contributed by atoms with Crippen molar-refractivity contribution < 1.29 is 24.2 Å². The van der Waals surface area contributed by atoms with Gasteiger partial charge in [0.2, 0.25) is 0 Å². The van der Waals surface area contributed by atoms with Gasteiger partial charge in [0.05, 0.1) is 13.2 Å². The molecule has 0 aliphatic heterocycles. The van der Waals surface area contributed by atoms with E-state index in [1.807, 2.05) is 34.6 Å². The molecular formula is C19H27NO5. The van der Waals surface area contributed by atoms with Crippen LogP contribution in [-0.2, 0) is 9.53 Å². The fraction of sp³-hybridized carbons (Fsp3) is 0.579. The van der Waals surface area contributed by atoms with Crippen LogP contribution in [-0.4, -0.2) is 42.3 Å². The van der Waals surface area contributed by atoms with Crippen molar-refractivity contribution in [3.8, 4) is 5.75 Å². The lowest BCUT2D eigenvalue weighted by atomic mass is 9.54. The lowest BCUT2D eigenvalue weighted by Crippen LogP contribution is -2.76. The van der Waals surface area contributed by atoms with Crippen molar-refractivity contribution in [3.05, 3.63) is 28.8 Å². The first kappa shape index (κ1) is 19.2. The Morgan fingerprint density at radius 3 is 2.24 bits per heavy atom. The van der Waals surface area contributed by atoms with Crippen LogP contribution < -0.4 is 10.1 Å². The third-order valence-electron chi connectivity index (χ3n) is 5.38. The summed E-state index contributed by atoms with van der Waals surface area (Å²) in [5.74, 6) is -0.715. The number of amides is 1. The Bertz CT molecular complexity index is 674. The van der Waals surface area contributed by atoms with E-state index < -0.39 is 22.8 Å². The molecule has 2 N–H and O–H groups in total. The van der Waals surface area contributed by atoms with Crippen LogP contribution in [0.2, 0.25) is 0 Å². The average Bonchev–Trinajstić information content (AvgIpc) is 2.52. The van der Waals surface area contributed by atoms with Crippen LogP contribution in [0.3, 0.4) is 0 Å².